The molecule has 1 atom stereocenters. The highest BCUT2D eigenvalue weighted by atomic mass is 32.2. The third-order valence-corrected chi connectivity index (χ3v) is 4.57. The number of sulfonamides is 1. The highest BCUT2D eigenvalue weighted by Crippen LogP contribution is 2.21. The predicted octanol–water partition coefficient (Wildman–Crippen LogP) is 1.28. The van der Waals surface area contributed by atoms with E-state index in [0.717, 1.165) is 12.7 Å². The number of carbonyl (C=O) groups is 1. The molecule has 2 aromatic rings. The molecule has 0 spiro atoms. The number of urea groups is 1. The monoisotopic (exact) mass is 365 g/mol. The molecule has 1 fully saturated rings. The standard InChI is InChI=1S/C15H19N5O4S/c1-25(22,23)19-13-6-3-7-20(9-13)15(21)17-12-5-2-4-11(8-12)14-18-16-10-24-14/h2,4-5,8,10,13,19H,3,6-7,9H2,1H3,(H,17,21)/t13-/m1/s1. The van der Waals surface area contributed by atoms with Gasteiger partial charge in [0, 0.05) is 30.4 Å². The molecule has 9 nitrogen and oxygen atoms in total. The minimum absolute atomic E-state index is 0.265. The van der Waals surface area contributed by atoms with E-state index in [1.54, 1.807) is 29.2 Å². The van der Waals surface area contributed by atoms with Crippen molar-refractivity contribution in [3.63, 3.8) is 0 Å². The SMILES string of the molecule is CS(=O)(=O)N[C@@H]1CCCN(C(=O)Nc2cccc(-c3nnco3)c2)C1. The summed E-state index contributed by atoms with van der Waals surface area (Å²) >= 11 is 0. The fraction of sp³-hybridized carbons (Fsp3) is 0.400. The molecule has 1 aliphatic heterocycles. The summed E-state index contributed by atoms with van der Waals surface area (Å²) in [6, 6.07) is 6.53. The molecule has 0 aliphatic carbocycles. The number of nitrogens with one attached hydrogen (secondary N) is 2. The molecule has 134 valence electrons. The quantitative estimate of drug-likeness (QED) is 0.843. The second-order valence-corrected chi connectivity index (χ2v) is 7.71. The average molecular weight is 365 g/mol. The molecule has 3 rings (SSSR count). The lowest BCUT2D eigenvalue weighted by Crippen LogP contribution is -2.50. The number of amides is 2. The van der Waals surface area contributed by atoms with Crippen molar-refractivity contribution in [3.05, 3.63) is 30.7 Å². The summed E-state index contributed by atoms with van der Waals surface area (Å²) in [4.78, 5) is 14.1. The number of anilines is 1. The van der Waals surface area contributed by atoms with Crippen molar-refractivity contribution in [1.29, 1.82) is 0 Å². The molecule has 10 heteroatoms. The molecule has 1 aliphatic rings. The molecule has 2 heterocycles. The normalized spacial score (nSPS) is 18.1. The summed E-state index contributed by atoms with van der Waals surface area (Å²) in [5, 5.41) is 10.3. The lowest BCUT2D eigenvalue weighted by molar-refractivity contribution is 0.190. The first kappa shape index (κ1) is 17.4. The van der Waals surface area contributed by atoms with Crippen LogP contribution in [0.3, 0.4) is 0 Å². The van der Waals surface area contributed by atoms with Crippen LogP contribution in [0.2, 0.25) is 0 Å². The number of likely N-dealkylation sites (tertiary alicyclic amines) is 1. The van der Waals surface area contributed by atoms with E-state index in [-0.39, 0.29) is 12.1 Å². The highest BCUT2D eigenvalue weighted by Gasteiger charge is 2.25. The molecule has 1 saturated heterocycles. The van der Waals surface area contributed by atoms with E-state index in [0.29, 0.717) is 36.7 Å². The summed E-state index contributed by atoms with van der Waals surface area (Å²) in [7, 11) is -3.29. The zero-order valence-corrected chi connectivity index (χ0v) is 14.5. The van der Waals surface area contributed by atoms with Crippen molar-refractivity contribution >= 4 is 21.7 Å². The second-order valence-electron chi connectivity index (χ2n) is 5.93. The fourth-order valence-electron chi connectivity index (χ4n) is 2.79. The Hall–Kier alpha value is -2.46. The van der Waals surface area contributed by atoms with Crippen molar-refractivity contribution in [2.24, 2.45) is 0 Å². The van der Waals surface area contributed by atoms with Gasteiger partial charge in [0.2, 0.25) is 22.3 Å². The summed E-state index contributed by atoms with van der Waals surface area (Å²) in [5.41, 5.74) is 1.30. The van der Waals surface area contributed by atoms with E-state index < -0.39 is 10.0 Å². The molecular formula is C15H19N5O4S. The topological polar surface area (TPSA) is 117 Å². The van der Waals surface area contributed by atoms with E-state index in [4.69, 9.17) is 4.42 Å². The summed E-state index contributed by atoms with van der Waals surface area (Å²) in [5.74, 6) is 0.367. The Balaban J connectivity index is 1.65. The lowest BCUT2D eigenvalue weighted by Gasteiger charge is -2.32. The van der Waals surface area contributed by atoms with Gasteiger partial charge in [0.05, 0.1) is 6.26 Å². The van der Waals surface area contributed by atoms with Gasteiger partial charge in [0.25, 0.3) is 0 Å². The van der Waals surface area contributed by atoms with Crippen LogP contribution in [0, 0.1) is 0 Å². The van der Waals surface area contributed by atoms with Crippen LogP contribution in [0.25, 0.3) is 11.5 Å². The van der Waals surface area contributed by atoms with Crippen LogP contribution in [0.5, 0.6) is 0 Å². The fourth-order valence-corrected chi connectivity index (χ4v) is 3.59. The summed E-state index contributed by atoms with van der Waals surface area (Å²) in [6.07, 6.45) is 3.81. The molecule has 25 heavy (non-hydrogen) atoms. The first-order valence-corrected chi connectivity index (χ1v) is 9.70. The van der Waals surface area contributed by atoms with Gasteiger partial charge in [0.15, 0.2) is 0 Å². The minimum atomic E-state index is -3.29. The summed E-state index contributed by atoms with van der Waals surface area (Å²) in [6.45, 7) is 0.916. The highest BCUT2D eigenvalue weighted by molar-refractivity contribution is 7.88. The van der Waals surface area contributed by atoms with Crippen molar-refractivity contribution in [3.8, 4) is 11.5 Å². The minimum Gasteiger partial charge on any atom is -0.423 e. The molecule has 0 radical (unpaired) electrons. The van der Waals surface area contributed by atoms with Crippen LogP contribution in [-0.4, -0.2) is 54.9 Å². The molecule has 2 amide bonds. The van der Waals surface area contributed by atoms with Gasteiger partial charge in [-0.2, -0.15) is 0 Å². The predicted molar refractivity (Wildman–Crippen MR) is 91.3 cm³/mol. The summed E-state index contributed by atoms with van der Waals surface area (Å²) < 4.78 is 30.4. The number of hydrogen-bond acceptors (Lipinski definition) is 6. The Labute approximate surface area is 145 Å². The third kappa shape index (κ3) is 4.77. The average Bonchev–Trinajstić information content (AvgIpc) is 3.08. The van der Waals surface area contributed by atoms with Gasteiger partial charge in [-0.05, 0) is 31.0 Å². The Morgan fingerprint density at radius 2 is 2.24 bits per heavy atom. The maximum absolute atomic E-state index is 12.5. The smallest absolute Gasteiger partial charge is 0.321 e. The van der Waals surface area contributed by atoms with Crippen molar-refractivity contribution in [2.45, 2.75) is 18.9 Å². The van der Waals surface area contributed by atoms with E-state index >= 15 is 0 Å². The first-order valence-electron chi connectivity index (χ1n) is 7.80. The molecule has 0 unspecified atom stereocenters. The van der Waals surface area contributed by atoms with Gasteiger partial charge in [0.1, 0.15) is 0 Å². The maximum Gasteiger partial charge on any atom is 0.321 e. The number of benzene rings is 1. The molecule has 0 saturated carbocycles. The van der Waals surface area contributed by atoms with Gasteiger partial charge >= 0.3 is 6.03 Å². The number of aromatic nitrogens is 2. The van der Waals surface area contributed by atoms with Gasteiger partial charge in [-0.1, -0.05) is 6.07 Å². The zero-order chi connectivity index (χ0) is 17.9. The number of nitrogens with zero attached hydrogens (tertiary/aromatic N) is 3. The van der Waals surface area contributed by atoms with Crippen molar-refractivity contribution in [2.75, 3.05) is 24.7 Å². The van der Waals surface area contributed by atoms with E-state index in [9.17, 15) is 13.2 Å². The molecular weight excluding hydrogens is 346 g/mol. The lowest BCUT2D eigenvalue weighted by atomic mass is 10.1. The van der Waals surface area contributed by atoms with Gasteiger partial charge in [-0.25, -0.2) is 17.9 Å². The first-order chi connectivity index (χ1) is 11.9. The Kier molecular flexibility index (Phi) is 5.00. The van der Waals surface area contributed by atoms with Gasteiger partial charge in [-0.3, -0.25) is 0 Å². The molecule has 1 aromatic heterocycles. The van der Waals surface area contributed by atoms with E-state index in [1.807, 2.05) is 0 Å². The second kappa shape index (κ2) is 7.19. The Bertz CT molecular complexity index is 837. The number of carbonyl (C=O) groups excluding carboxylic acids is 1. The third-order valence-electron chi connectivity index (χ3n) is 3.81. The molecule has 0 bridgehead atoms. The van der Waals surface area contributed by atoms with Crippen LogP contribution in [0.1, 0.15) is 12.8 Å². The van der Waals surface area contributed by atoms with Crippen LogP contribution < -0.4 is 10.0 Å². The van der Waals surface area contributed by atoms with Gasteiger partial charge < -0.3 is 14.6 Å². The number of rotatable bonds is 4. The van der Waals surface area contributed by atoms with Crippen LogP contribution >= 0.6 is 0 Å². The maximum atomic E-state index is 12.5. The van der Waals surface area contributed by atoms with E-state index in [1.165, 1.54) is 6.39 Å². The van der Waals surface area contributed by atoms with E-state index in [2.05, 4.69) is 20.2 Å². The Morgan fingerprint density at radius 1 is 1.40 bits per heavy atom. The number of piperidine rings is 1. The van der Waals surface area contributed by atoms with Crippen LogP contribution in [0.15, 0.2) is 35.1 Å². The van der Waals surface area contributed by atoms with Crippen molar-refractivity contribution < 1.29 is 17.6 Å². The van der Waals surface area contributed by atoms with Crippen molar-refractivity contribution in [1.82, 2.24) is 19.8 Å². The molecule has 2 N–H and O–H groups in total. The zero-order valence-electron chi connectivity index (χ0n) is 13.7. The Morgan fingerprint density at radius 3 is 2.96 bits per heavy atom. The van der Waals surface area contributed by atoms with Crippen LogP contribution in [0.4, 0.5) is 10.5 Å². The van der Waals surface area contributed by atoms with Crippen LogP contribution in [-0.2, 0) is 10.0 Å². The van der Waals surface area contributed by atoms with Gasteiger partial charge in [-0.15, -0.1) is 10.2 Å². The number of hydrogen-bond donors (Lipinski definition) is 2. The largest absolute Gasteiger partial charge is 0.423 e. The molecule has 1 aromatic carbocycles.